The van der Waals surface area contributed by atoms with Gasteiger partial charge in [0.1, 0.15) is 11.4 Å². The van der Waals surface area contributed by atoms with Gasteiger partial charge in [-0.3, -0.25) is 0 Å². The zero-order chi connectivity index (χ0) is 25.1. The van der Waals surface area contributed by atoms with Crippen LogP contribution in [0.5, 0.6) is 5.75 Å². The topological polar surface area (TPSA) is 72.9 Å². The Labute approximate surface area is 216 Å². The lowest BCUT2D eigenvalue weighted by Crippen LogP contribution is -2.37. The number of sulfone groups is 1. The first-order valence-corrected chi connectivity index (χ1v) is 14.1. The molecule has 8 heteroatoms. The van der Waals surface area contributed by atoms with E-state index in [2.05, 4.69) is 41.3 Å². The first-order chi connectivity index (χ1) is 15.9. The summed E-state index contributed by atoms with van der Waals surface area (Å²) in [5.74, 6) is -0.0935. The zero-order valence-corrected chi connectivity index (χ0v) is 23.3. The van der Waals surface area contributed by atoms with E-state index >= 15 is 0 Å². The molecule has 2 aromatic rings. The minimum absolute atomic E-state index is 0.0666. The summed E-state index contributed by atoms with van der Waals surface area (Å²) in [5, 5.41) is 0. The van der Waals surface area contributed by atoms with E-state index in [9.17, 15) is 13.2 Å². The number of rotatable bonds is 6. The maximum Gasteiger partial charge on any atom is 0.334 e. The number of hydrogen-bond acceptors (Lipinski definition) is 6. The van der Waals surface area contributed by atoms with E-state index in [0.717, 1.165) is 22.1 Å². The van der Waals surface area contributed by atoms with Gasteiger partial charge < -0.3 is 14.4 Å². The van der Waals surface area contributed by atoms with Crippen LogP contribution in [0.15, 0.2) is 59.7 Å². The molecular formula is C26H32INO5S. The molecule has 0 aliphatic carbocycles. The molecule has 0 aromatic heterocycles. The van der Waals surface area contributed by atoms with Gasteiger partial charge in [0.25, 0.3) is 0 Å². The van der Waals surface area contributed by atoms with E-state index < -0.39 is 21.4 Å². The van der Waals surface area contributed by atoms with Crippen LogP contribution in [-0.2, 0) is 19.4 Å². The predicted molar refractivity (Wildman–Crippen MR) is 143 cm³/mol. The average Bonchev–Trinajstić information content (AvgIpc) is 2.85. The van der Waals surface area contributed by atoms with Crippen molar-refractivity contribution in [3.05, 3.63) is 58.4 Å². The Hall–Kier alpha value is -2.07. The summed E-state index contributed by atoms with van der Waals surface area (Å²) in [6.07, 6.45) is 3.92. The van der Waals surface area contributed by atoms with Crippen LogP contribution in [0.25, 0.3) is 0 Å². The minimum atomic E-state index is -3.60. The van der Waals surface area contributed by atoms with Crippen molar-refractivity contribution in [3.8, 4) is 5.75 Å². The van der Waals surface area contributed by atoms with Crippen LogP contribution in [0.4, 0.5) is 11.4 Å². The first-order valence-electron chi connectivity index (χ1n) is 11.3. The van der Waals surface area contributed by atoms with E-state index in [4.69, 9.17) is 9.47 Å². The molecule has 6 nitrogen and oxygen atoms in total. The van der Waals surface area contributed by atoms with Crippen molar-refractivity contribution in [2.75, 3.05) is 17.2 Å². The van der Waals surface area contributed by atoms with Crippen molar-refractivity contribution < 1.29 is 22.7 Å². The largest absolute Gasteiger partial charge is 0.464 e. The van der Waals surface area contributed by atoms with Crippen molar-refractivity contribution in [1.29, 1.82) is 0 Å². The molecule has 1 heterocycles. The van der Waals surface area contributed by atoms with Gasteiger partial charge in [-0.1, -0.05) is 32.0 Å². The highest BCUT2D eigenvalue weighted by Gasteiger charge is 2.41. The highest BCUT2D eigenvalue weighted by atomic mass is 127. The Kier molecular flexibility index (Phi) is 8.02. The van der Waals surface area contributed by atoms with Gasteiger partial charge in [-0.25, -0.2) is 13.2 Å². The van der Waals surface area contributed by atoms with E-state index in [0.29, 0.717) is 18.0 Å². The molecule has 0 bridgehead atoms. The van der Waals surface area contributed by atoms with E-state index in [-0.39, 0.29) is 16.1 Å². The van der Waals surface area contributed by atoms with Crippen LogP contribution in [0.2, 0.25) is 0 Å². The molecule has 0 saturated carbocycles. The van der Waals surface area contributed by atoms with Gasteiger partial charge >= 0.3 is 5.97 Å². The maximum absolute atomic E-state index is 13.6. The van der Waals surface area contributed by atoms with Gasteiger partial charge in [0.05, 0.1) is 32.2 Å². The number of carbonyl (C=O) groups excluding carboxylic acids is 1. The third-order valence-electron chi connectivity index (χ3n) is 6.00. The molecule has 1 aliphatic rings. The molecule has 0 radical (unpaired) electrons. The number of fused-ring (bicyclic) bond motifs is 1. The monoisotopic (exact) mass is 597 g/mol. The number of esters is 1. The lowest BCUT2D eigenvalue weighted by Gasteiger charge is -2.35. The van der Waals surface area contributed by atoms with Gasteiger partial charge in [-0.05, 0) is 74.4 Å². The van der Waals surface area contributed by atoms with Crippen molar-refractivity contribution in [1.82, 2.24) is 0 Å². The lowest BCUT2D eigenvalue weighted by molar-refractivity contribution is -0.148. The third kappa shape index (κ3) is 6.13. The summed E-state index contributed by atoms with van der Waals surface area (Å²) in [6.45, 7) is 10.1. The second-order valence-corrected chi connectivity index (χ2v) is 12.7. The average molecular weight is 598 g/mol. The third-order valence-corrected chi connectivity index (χ3v) is 8.84. The Morgan fingerprint density at radius 2 is 1.79 bits per heavy atom. The van der Waals surface area contributed by atoms with E-state index in [1.165, 1.54) is 12.3 Å². The highest BCUT2D eigenvalue weighted by molar-refractivity contribution is 14.1. The lowest BCUT2D eigenvalue weighted by atomic mass is 9.83. The summed E-state index contributed by atoms with van der Waals surface area (Å²) < 4.78 is 38.9. The predicted octanol–water partition coefficient (Wildman–Crippen LogP) is 6.26. The number of anilines is 2. The van der Waals surface area contributed by atoms with Crippen molar-refractivity contribution in [2.24, 2.45) is 5.41 Å². The van der Waals surface area contributed by atoms with Crippen molar-refractivity contribution in [3.63, 3.8) is 0 Å². The van der Waals surface area contributed by atoms with Crippen LogP contribution in [-0.4, -0.2) is 32.3 Å². The fourth-order valence-corrected chi connectivity index (χ4v) is 6.85. The molecule has 3 rings (SSSR count). The highest BCUT2D eigenvalue weighted by Crippen LogP contribution is 2.45. The van der Waals surface area contributed by atoms with Crippen molar-refractivity contribution >= 4 is 49.8 Å². The smallest absolute Gasteiger partial charge is 0.334 e. The molecule has 1 aliphatic heterocycles. The molecule has 2 aromatic carbocycles. The Balaban J connectivity index is 2.06. The van der Waals surface area contributed by atoms with Crippen molar-refractivity contribution in [2.45, 2.75) is 58.0 Å². The molecule has 0 N–H and O–H groups in total. The van der Waals surface area contributed by atoms with Gasteiger partial charge in [0.2, 0.25) is 0 Å². The van der Waals surface area contributed by atoms with Gasteiger partial charge in [-0.15, -0.1) is 0 Å². The molecule has 34 heavy (non-hydrogen) atoms. The van der Waals surface area contributed by atoms with Gasteiger partial charge in [-0.2, -0.15) is 0 Å². The van der Waals surface area contributed by atoms with E-state index in [1.807, 2.05) is 36.4 Å². The molecule has 0 fully saturated rings. The second kappa shape index (κ2) is 10.3. The van der Waals surface area contributed by atoms with Crippen LogP contribution >= 0.6 is 22.6 Å². The fraction of sp³-hybridized carbons (Fsp3) is 0.423. The second-order valence-electron chi connectivity index (χ2n) is 9.59. The summed E-state index contributed by atoms with van der Waals surface area (Å²) in [7, 11) is -3.60. The SMILES string of the molecule is CCC1(CC)CN(c2ccccc2)c2cc(I)c(O/C=C/C(=O)OC(C)(C)C)cc2S(=O)(=O)C1. The Morgan fingerprint density at radius 1 is 1.15 bits per heavy atom. The summed E-state index contributed by atoms with van der Waals surface area (Å²) in [4.78, 5) is 14.3. The van der Waals surface area contributed by atoms with Gasteiger partial charge in [0.15, 0.2) is 9.84 Å². The number of hydrogen-bond donors (Lipinski definition) is 0. The molecule has 0 spiro atoms. The number of ether oxygens (including phenoxy) is 2. The summed E-state index contributed by atoms with van der Waals surface area (Å²) in [6, 6.07) is 13.3. The normalized spacial score (nSPS) is 17.2. The molecular weight excluding hydrogens is 565 g/mol. The number of carbonyl (C=O) groups is 1. The molecule has 184 valence electrons. The molecule has 0 saturated heterocycles. The number of benzene rings is 2. The quantitative estimate of drug-likeness (QED) is 0.170. The van der Waals surface area contributed by atoms with Crippen LogP contribution in [0, 0.1) is 8.99 Å². The van der Waals surface area contributed by atoms with Gasteiger partial charge in [0, 0.05) is 23.7 Å². The molecule has 0 atom stereocenters. The number of nitrogens with zero attached hydrogens (tertiary/aromatic N) is 1. The fourth-order valence-electron chi connectivity index (χ4n) is 4.04. The number of para-hydroxylation sites is 1. The summed E-state index contributed by atoms with van der Waals surface area (Å²) >= 11 is 2.13. The van der Waals surface area contributed by atoms with E-state index in [1.54, 1.807) is 26.8 Å². The van der Waals surface area contributed by atoms with Crippen LogP contribution in [0.1, 0.15) is 47.5 Å². The first kappa shape index (κ1) is 26.5. The summed E-state index contributed by atoms with van der Waals surface area (Å²) in [5.41, 5.74) is 0.598. The zero-order valence-electron chi connectivity index (χ0n) is 20.3. The van der Waals surface area contributed by atoms with Crippen LogP contribution < -0.4 is 9.64 Å². The Morgan fingerprint density at radius 3 is 2.38 bits per heavy atom. The Bertz CT molecular complexity index is 1170. The molecule has 0 unspecified atom stereocenters. The molecule has 0 amide bonds. The number of halogens is 1. The van der Waals surface area contributed by atoms with Crippen LogP contribution in [0.3, 0.4) is 0 Å². The maximum atomic E-state index is 13.6. The standard InChI is InChI=1S/C26H32INO5S/c1-6-26(7-2)17-28(19-11-9-8-10-12-19)21-15-20(27)22(16-23(21)34(30,31)18-26)32-14-13-24(29)33-25(3,4)5/h8-16H,6-7,17-18H2,1-5H3/b14-13+. The minimum Gasteiger partial charge on any atom is -0.464 e.